The lowest BCUT2D eigenvalue weighted by atomic mass is 10.1. The van der Waals surface area contributed by atoms with Gasteiger partial charge in [-0.15, -0.1) is 11.3 Å². The molecule has 0 saturated carbocycles. The molecule has 0 amide bonds. The van der Waals surface area contributed by atoms with Crippen molar-refractivity contribution in [3.63, 3.8) is 0 Å². The number of hydrogen-bond donors (Lipinski definition) is 1. The lowest BCUT2D eigenvalue weighted by Crippen LogP contribution is -2.50. The second-order valence-electron chi connectivity index (χ2n) is 7.29. The molecule has 0 fully saturated rings. The number of amidine groups is 1. The van der Waals surface area contributed by atoms with Crippen LogP contribution < -0.4 is 10.5 Å². The Morgan fingerprint density at radius 1 is 1.18 bits per heavy atom. The van der Waals surface area contributed by atoms with Gasteiger partial charge < -0.3 is 10.5 Å². The number of benzene rings is 2. The Kier molecular flexibility index (Phi) is 4.43. The molecule has 8 heteroatoms. The quantitative estimate of drug-likeness (QED) is 0.705. The fourth-order valence-corrected chi connectivity index (χ4v) is 5.72. The summed E-state index contributed by atoms with van der Waals surface area (Å²) < 4.78 is 30.4. The number of nitrogens with two attached hydrogens (primary N) is 1. The smallest absolute Gasteiger partial charge is 0.165 e. The topological polar surface area (TPSA) is 94.6 Å². The molecule has 146 valence electrons. The molecule has 6 nitrogen and oxygen atoms in total. The van der Waals surface area contributed by atoms with Crippen LogP contribution in [-0.2, 0) is 9.84 Å². The summed E-state index contributed by atoms with van der Waals surface area (Å²) in [5.41, 5.74) is 8.88. The van der Waals surface area contributed by atoms with Gasteiger partial charge in [0.1, 0.15) is 27.4 Å². The van der Waals surface area contributed by atoms with Gasteiger partial charge in [0.2, 0.25) is 0 Å². The highest BCUT2D eigenvalue weighted by molar-refractivity contribution is 7.93. The molecule has 0 aliphatic carbocycles. The third-order valence-electron chi connectivity index (χ3n) is 5.16. The van der Waals surface area contributed by atoms with Crippen molar-refractivity contribution >= 4 is 37.2 Å². The number of rotatable bonds is 3. The maximum atomic E-state index is 12.6. The minimum absolute atomic E-state index is 0.0801. The minimum Gasteiger partial charge on any atom is -0.497 e. The largest absolute Gasteiger partial charge is 0.497 e. The van der Waals surface area contributed by atoms with Crippen LogP contribution in [0.5, 0.6) is 5.75 Å². The molecule has 4 rings (SSSR count). The van der Waals surface area contributed by atoms with Crippen molar-refractivity contribution in [1.29, 1.82) is 0 Å². The Morgan fingerprint density at radius 2 is 1.93 bits per heavy atom. The first-order valence-electron chi connectivity index (χ1n) is 8.82. The molecule has 2 aromatic carbocycles. The second kappa shape index (κ2) is 6.56. The number of aromatic nitrogens is 1. The second-order valence-corrected chi connectivity index (χ2v) is 10.9. The number of methoxy groups -OCH3 is 1. The number of thiazole rings is 1. The Bertz CT molecular complexity index is 1200. The van der Waals surface area contributed by atoms with Gasteiger partial charge in [0, 0.05) is 0 Å². The summed E-state index contributed by atoms with van der Waals surface area (Å²) >= 11 is 1.46. The van der Waals surface area contributed by atoms with Crippen LogP contribution in [0.25, 0.3) is 21.3 Å². The summed E-state index contributed by atoms with van der Waals surface area (Å²) in [6, 6.07) is 13.3. The normalized spacial score (nSPS) is 20.7. The van der Waals surface area contributed by atoms with Crippen LogP contribution in [0.4, 0.5) is 0 Å². The number of hydrogen-bond acceptors (Lipinski definition) is 7. The van der Waals surface area contributed by atoms with Gasteiger partial charge in [-0.1, -0.05) is 18.2 Å². The third-order valence-corrected chi connectivity index (χ3v) is 8.80. The first-order valence-corrected chi connectivity index (χ1v) is 11.3. The van der Waals surface area contributed by atoms with E-state index in [1.165, 1.54) is 11.3 Å². The Hall–Kier alpha value is -2.45. The molecule has 3 aromatic rings. The van der Waals surface area contributed by atoms with Crippen molar-refractivity contribution in [3.05, 3.63) is 47.5 Å². The van der Waals surface area contributed by atoms with Crippen LogP contribution >= 0.6 is 11.3 Å². The molecule has 1 aliphatic rings. The van der Waals surface area contributed by atoms with Crippen LogP contribution in [0.1, 0.15) is 24.9 Å². The number of aliphatic imine (C=N–C) groups is 1. The van der Waals surface area contributed by atoms with E-state index in [0.29, 0.717) is 5.01 Å². The van der Waals surface area contributed by atoms with Crippen molar-refractivity contribution in [2.75, 3.05) is 12.9 Å². The fourth-order valence-electron chi connectivity index (χ4n) is 3.13. The van der Waals surface area contributed by atoms with Gasteiger partial charge in [0.25, 0.3) is 0 Å². The zero-order chi connectivity index (χ0) is 20.1. The summed E-state index contributed by atoms with van der Waals surface area (Å²) in [6.07, 6.45) is 0. The standard InChI is InChI=1S/C20H21N3O3S2/c1-20(2)19(21)23-16(11-28(20,24)25)18-22-15-8-7-13(10-17(15)27-18)12-5-4-6-14(9-12)26-3/h4-10,16H,11H2,1-3H3,(H2,21,23). The zero-order valence-corrected chi connectivity index (χ0v) is 17.5. The van der Waals surface area contributed by atoms with Crippen molar-refractivity contribution in [3.8, 4) is 16.9 Å². The fraction of sp³-hybridized carbons (Fsp3) is 0.300. The Balaban J connectivity index is 1.74. The van der Waals surface area contributed by atoms with E-state index in [1.807, 2.05) is 36.4 Å². The van der Waals surface area contributed by atoms with Crippen LogP contribution in [0.15, 0.2) is 47.5 Å². The molecule has 0 bridgehead atoms. The SMILES string of the molecule is COc1cccc(-c2ccc3nc(C4CS(=O)(=O)C(C)(C)C(N)=N4)sc3c2)c1. The molecule has 1 atom stereocenters. The molecule has 1 aliphatic heterocycles. The Morgan fingerprint density at radius 3 is 2.64 bits per heavy atom. The van der Waals surface area contributed by atoms with Gasteiger partial charge in [-0.2, -0.15) is 0 Å². The summed E-state index contributed by atoms with van der Waals surface area (Å²) in [6.45, 7) is 3.19. The van der Waals surface area contributed by atoms with E-state index < -0.39 is 20.6 Å². The lowest BCUT2D eigenvalue weighted by Gasteiger charge is -2.30. The van der Waals surface area contributed by atoms with Crippen molar-refractivity contribution < 1.29 is 13.2 Å². The number of fused-ring (bicyclic) bond motifs is 1. The molecule has 0 saturated heterocycles. The maximum absolute atomic E-state index is 12.6. The highest BCUT2D eigenvalue weighted by Crippen LogP contribution is 2.36. The van der Waals surface area contributed by atoms with Gasteiger partial charge in [0.05, 0.1) is 23.1 Å². The van der Waals surface area contributed by atoms with E-state index in [9.17, 15) is 8.42 Å². The van der Waals surface area contributed by atoms with Gasteiger partial charge in [-0.3, -0.25) is 4.99 Å². The number of sulfone groups is 1. The van der Waals surface area contributed by atoms with Crippen molar-refractivity contribution in [1.82, 2.24) is 4.98 Å². The molecule has 1 unspecified atom stereocenters. The van der Waals surface area contributed by atoms with E-state index in [4.69, 9.17) is 10.5 Å². The summed E-state index contributed by atoms with van der Waals surface area (Å²) in [5, 5.41) is 0.666. The van der Waals surface area contributed by atoms with Crippen LogP contribution in [0, 0.1) is 0 Å². The van der Waals surface area contributed by atoms with Crippen LogP contribution in [0.2, 0.25) is 0 Å². The average Bonchev–Trinajstić information content (AvgIpc) is 3.09. The number of ether oxygens (including phenoxy) is 1. The van der Waals surface area contributed by atoms with Crippen LogP contribution in [-0.4, -0.2) is 36.8 Å². The molecule has 2 heterocycles. The third kappa shape index (κ3) is 3.06. The highest BCUT2D eigenvalue weighted by Gasteiger charge is 2.44. The predicted octanol–water partition coefficient (Wildman–Crippen LogP) is 3.58. The van der Waals surface area contributed by atoms with Gasteiger partial charge in [0.15, 0.2) is 9.84 Å². The monoisotopic (exact) mass is 415 g/mol. The summed E-state index contributed by atoms with van der Waals surface area (Å²) in [5.74, 6) is 0.853. The maximum Gasteiger partial charge on any atom is 0.165 e. The van der Waals surface area contributed by atoms with Crippen molar-refractivity contribution in [2.24, 2.45) is 10.7 Å². The van der Waals surface area contributed by atoms with Gasteiger partial charge in [-0.25, -0.2) is 13.4 Å². The molecular weight excluding hydrogens is 394 g/mol. The lowest BCUT2D eigenvalue weighted by molar-refractivity contribution is 0.415. The highest BCUT2D eigenvalue weighted by atomic mass is 32.2. The zero-order valence-electron chi connectivity index (χ0n) is 15.8. The Labute approximate surface area is 168 Å². The van der Waals surface area contributed by atoms with Crippen LogP contribution in [0.3, 0.4) is 0 Å². The van der Waals surface area contributed by atoms with E-state index in [0.717, 1.165) is 27.1 Å². The van der Waals surface area contributed by atoms with Gasteiger partial charge in [-0.05, 0) is 49.2 Å². The average molecular weight is 416 g/mol. The van der Waals surface area contributed by atoms with E-state index in [1.54, 1.807) is 21.0 Å². The minimum atomic E-state index is -3.41. The predicted molar refractivity (Wildman–Crippen MR) is 114 cm³/mol. The molecule has 1 aromatic heterocycles. The molecular formula is C20H21N3O3S2. The van der Waals surface area contributed by atoms with E-state index in [2.05, 4.69) is 16.0 Å². The van der Waals surface area contributed by atoms with Gasteiger partial charge >= 0.3 is 0 Å². The summed E-state index contributed by atoms with van der Waals surface area (Å²) in [4.78, 5) is 9.07. The molecule has 28 heavy (non-hydrogen) atoms. The molecule has 0 radical (unpaired) electrons. The molecule has 2 N–H and O–H groups in total. The van der Waals surface area contributed by atoms with Crippen molar-refractivity contribution in [2.45, 2.75) is 24.6 Å². The first-order chi connectivity index (χ1) is 13.2. The van der Waals surface area contributed by atoms with E-state index >= 15 is 0 Å². The summed E-state index contributed by atoms with van der Waals surface area (Å²) in [7, 11) is -1.76. The first kappa shape index (κ1) is 18.9. The van der Waals surface area contributed by atoms with E-state index in [-0.39, 0.29) is 11.6 Å². The molecule has 0 spiro atoms. The number of nitrogens with zero attached hydrogens (tertiary/aromatic N) is 2.